The number of rotatable bonds is 5. The van der Waals surface area contributed by atoms with Crippen molar-refractivity contribution in [1.82, 2.24) is 0 Å². The summed E-state index contributed by atoms with van der Waals surface area (Å²) in [5.74, 6) is -0.794. The topological polar surface area (TPSA) is 106 Å². The van der Waals surface area contributed by atoms with Crippen LogP contribution in [0.4, 0.5) is 5.69 Å². The molecule has 2 aromatic carbocycles. The van der Waals surface area contributed by atoms with Crippen LogP contribution in [-0.2, 0) is 10.0 Å². The summed E-state index contributed by atoms with van der Waals surface area (Å²) in [5, 5.41) is 0. The van der Waals surface area contributed by atoms with Crippen molar-refractivity contribution < 1.29 is 18.0 Å². The molecule has 0 fully saturated rings. The Morgan fingerprint density at radius 3 is 2.18 bits per heavy atom. The minimum Gasteiger partial charge on any atom is -0.366 e. The van der Waals surface area contributed by atoms with Crippen LogP contribution in [0.5, 0.6) is 0 Å². The van der Waals surface area contributed by atoms with Gasteiger partial charge in [0, 0.05) is 16.8 Å². The van der Waals surface area contributed by atoms with Gasteiger partial charge in [-0.3, -0.25) is 14.3 Å². The molecule has 0 saturated heterocycles. The smallest absolute Gasteiger partial charge is 0.261 e. The molecule has 0 unspecified atom stereocenters. The van der Waals surface area contributed by atoms with Crippen molar-refractivity contribution in [3.63, 3.8) is 0 Å². The molecule has 0 aliphatic heterocycles. The van der Waals surface area contributed by atoms with Crippen molar-refractivity contribution in [1.29, 1.82) is 0 Å². The lowest BCUT2D eigenvalue weighted by Gasteiger charge is -2.09. The van der Waals surface area contributed by atoms with E-state index in [2.05, 4.69) is 4.72 Å². The monoisotopic (exact) mass is 318 g/mol. The van der Waals surface area contributed by atoms with E-state index in [4.69, 9.17) is 5.73 Å². The maximum absolute atomic E-state index is 12.3. The van der Waals surface area contributed by atoms with Crippen LogP contribution in [0, 0.1) is 0 Å². The van der Waals surface area contributed by atoms with Crippen LogP contribution in [0.25, 0.3) is 0 Å². The summed E-state index contributed by atoms with van der Waals surface area (Å²) >= 11 is 0. The summed E-state index contributed by atoms with van der Waals surface area (Å²) in [5.41, 5.74) is 6.01. The van der Waals surface area contributed by atoms with E-state index >= 15 is 0 Å². The highest BCUT2D eigenvalue weighted by Crippen LogP contribution is 2.18. The average Bonchev–Trinajstić information content (AvgIpc) is 2.47. The number of primary amides is 1. The van der Waals surface area contributed by atoms with Gasteiger partial charge in [-0.15, -0.1) is 0 Å². The first-order valence-corrected chi connectivity index (χ1v) is 7.81. The number of benzene rings is 2. The van der Waals surface area contributed by atoms with Crippen LogP contribution >= 0.6 is 0 Å². The predicted molar refractivity (Wildman–Crippen MR) is 82.2 cm³/mol. The molecular weight excluding hydrogens is 304 g/mol. The van der Waals surface area contributed by atoms with Crippen LogP contribution in [0.1, 0.15) is 27.6 Å². The predicted octanol–water partition coefficient (Wildman–Crippen LogP) is 1.79. The van der Waals surface area contributed by atoms with Gasteiger partial charge < -0.3 is 5.73 Å². The van der Waals surface area contributed by atoms with Gasteiger partial charge in [-0.25, -0.2) is 8.42 Å². The molecule has 0 radical (unpaired) electrons. The molecule has 1 amide bonds. The lowest BCUT2D eigenvalue weighted by atomic mass is 10.2. The molecule has 0 bridgehead atoms. The number of nitrogens with two attached hydrogens (primary N) is 1. The number of anilines is 1. The summed E-state index contributed by atoms with van der Waals surface area (Å²) in [6, 6.07) is 11.4. The molecule has 0 atom stereocenters. The van der Waals surface area contributed by atoms with Gasteiger partial charge in [-0.2, -0.15) is 0 Å². The lowest BCUT2D eigenvalue weighted by molar-refractivity contribution is 0.0996. The SMILES string of the molecule is CC(=O)c1ccc(S(=O)(=O)Nc2cccc(C(N)=O)c2)cc1. The van der Waals surface area contributed by atoms with Crippen molar-refractivity contribution in [3.8, 4) is 0 Å². The molecule has 0 heterocycles. The summed E-state index contributed by atoms with van der Waals surface area (Å²) in [7, 11) is -3.81. The second-order valence-electron chi connectivity index (χ2n) is 4.63. The van der Waals surface area contributed by atoms with Gasteiger partial charge in [0.15, 0.2) is 5.78 Å². The summed E-state index contributed by atoms with van der Waals surface area (Å²) in [4.78, 5) is 22.3. The number of sulfonamides is 1. The normalized spacial score (nSPS) is 11.0. The number of hydrogen-bond acceptors (Lipinski definition) is 4. The first-order chi connectivity index (χ1) is 10.3. The Hall–Kier alpha value is -2.67. The van der Waals surface area contributed by atoms with E-state index in [9.17, 15) is 18.0 Å². The number of nitrogens with one attached hydrogen (secondary N) is 1. The van der Waals surface area contributed by atoms with E-state index in [1.165, 1.54) is 55.5 Å². The van der Waals surface area contributed by atoms with Crippen LogP contribution < -0.4 is 10.5 Å². The highest BCUT2D eigenvalue weighted by atomic mass is 32.2. The molecule has 3 N–H and O–H groups in total. The molecule has 0 aliphatic carbocycles. The molecule has 0 aliphatic rings. The molecular formula is C15H14N2O4S. The molecule has 7 heteroatoms. The molecule has 0 aromatic heterocycles. The largest absolute Gasteiger partial charge is 0.366 e. The maximum Gasteiger partial charge on any atom is 0.261 e. The highest BCUT2D eigenvalue weighted by Gasteiger charge is 2.15. The Kier molecular flexibility index (Phi) is 4.27. The molecule has 2 aromatic rings. The van der Waals surface area contributed by atoms with Gasteiger partial charge in [-0.1, -0.05) is 18.2 Å². The molecule has 0 saturated carbocycles. The fourth-order valence-corrected chi connectivity index (χ4v) is 2.87. The number of amides is 1. The van der Waals surface area contributed by atoms with Gasteiger partial charge in [0.2, 0.25) is 5.91 Å². The van der Waals surface area contributed by atoms with Crippen molar-refractivity contribution in [3.05, 3.63) is 59.7 Å². The van der Waals surface area contributed by atoms with Crippen molar-refractivity contribution in [2.24, 2.45) is 5.73 Å². The zero-order valence-electron chi connectivity index (χ0n) is 11.7. The van der Waals surface area contributed by atoms with Gasteiger partial charge >= 0.3 is 0 Å². The van der Waals surface area contributed by atoms with Gasteiger partial charge in [0.05, 0.1) is 4.90 Å². The highest BCUT2D eigenvalue weighted by molar-refractivity contribution is 7.92. The fourth-order valence-electron chi connectivity index (χ4n) is 1.82. The zero-order valence-corrected chi connectivity index (χ0v) is 12.6. The van der Waals surface area contributed by atoms with E-state index in [1.807, 2.05) is 0 Å². The van der Waals surface area contributed by atoms with Crippen LogP contribution in [0.2, 0.25) is 0 Å². The van der Waals surface area contributed by atoms with Crippen LogP contribution in [-0.4, -0.2) is 20.1 Å². The van der Waals surface area contributed by atoms with E-state index in [0.29, 0.717) is 5.56 Å². The van der Waals surface area contributed by atoms with Gasteiger partial charge in [0.1, 0.15) is 0 Å². The minimum absolute atomic E-state index is 0.0157. The van der Waals surface area contributed by atoms with Crippen LogP contribution in [0.3, 0.4) is 0 Å². The Morgan fingerprint density at radius 2 is 1.64 bits per heavy atom. The Morgan fingerprint density at radius 1 is 1.00 bits per heavy atom. The quantitative estimate of drug-likeness (QED) is 0.820. The lowest BCUT2D eigenvalue weighted by Crippen LogP contribution is -2.15. The molecule has 22 heavy (non-hydrogen) atoms. The Balaban J connectivity index is 2.29. The average molecular weight is 318 g/mol. The number of ketones is 1. The van der Waals surface area contributed by atoms with E-state index in [-0.39, 0.29) is 21.9 Å². The minimum atomic E-state index is -3.81. The summed E-state index contributed by atoms with van der Waals surface area (Å²) < 4.78 is 26.9. The molecule has 2 rings (SSSR count). The maximum atomic E-state index is 12.3. The first-order valence-electron chi connectivity index (χ1n) is 6.33. The standard InChI is InChI=1S/C15H14N2O4S/c1-10(18)11-5-7-14(8-6-11)22(20,21)17-13-4-2-3-12(9-13)15(16)19/h2-9,17H,1H3,(H2,16,19). The van der Waals surface area contributed by atoms with Gasteiger partial charge in [-0.05, 0) is 37.3 Å². The summed E-state index contributed by atoms with van der Waals surface area (Å²) in [6.07, 6.45) is 0. The fraction of sp³-hybridized carbons (Fsp3) is 0.0667. The number of hydrogen-bond donors (Lipinski definition) is 2. The first kappa shape index (κ1) is 15.7. The van der Waals surface area contributed by atoms with E-state index < -0.39 is 15.9 Å². The number of carbonyl (C=O) groups is 2. The third kappa shape index (κ3) is 3.50. The summed E-state index contributed by atoms with van der Waals surface area (Å²) in [6.45, 7) is 1.40. The van der Waals surface area contributed by atoms with E-state index in [1.54, 1.807) is 0 Å². The van der Waals surface area contributed by atoms with Crippen molar-refractivity contribution in [2.45, 2.75) is 11.8 Å². The second kappa shape index (κ2) is 5.98. The number of Topliss-reactive ketones (excluding diaryl/α,β-unsaturated/α-hetero) is 1. The number of carbonyl (C=O) groups excluding carboxylic acids is 2. The third-order valence-electron chi connectivity index (χ3n) is 2.97. The van der Waals surface area contributed by atoms with Crippen molar-refractivity contribution in [2.75, 3.05) is 4.72 Å². The van der Waals surface area contributed by atoms with Crippen molar-refractivity contribution >= 4 is 27.4 Å². The second-order valence-corrected chi connectivity index (χ2v) is 6.31. The third-order valence-corrected chi connectivity index (χ3v) is 4.37. The molecule has 0 spiro atoms. The molecule has 6 nitrogen and oxygen atoms in total. The van der Waals surface area contributed by atoms with Gasteiger partial charge in [0.25, 0.3) is 10.0 Å². The Labute approximate surface area is 128 Å². The zero-order chi connectivity index (χ0) is 16.3. The van der Waals surface area contributed by atoms with E-state index in [0.717, 1.165) is 0 Å². The van der Waals surface area contributed by atoms with Crippen LogP contribution in [0.15, 0.2) is 53.4 Å². The Bertz CT molecular complexity index is 827. The molecule has 114 valence electrons.